The van der Waals surface area contributed by atoms with E-state index in [2.05, 4.69) is 15.7 Å². The van der Waals surface area contributed by atoms with Crippen LogP contribution in [0, 0.1) is 0 Å². The molecule has 0 radical (unpaired) electrons. The number of hydrogen-bond donors (Lipinski definition) is 2. The van der Waals surface area contributed by atoms with Gasteiger partial charge in [0.2, 0.25) is 0 Å². The van der Waals surface area contributed by atoms with Crippen molar-refractivity contribution in [2.45, 2.75) is 31.2 Å². The zero-order valence-electron chi connectivity index (χ0n) is 14.6. The molecule has 2 atom stereocenters. The van der Waals surface area contributed by atoms with Crippen LogP contribution in [0.4, 0.5) is 19.0 Å². The predicted molar refractivity (Wildman–Crippen MR) is 100 cm³/mol. The summed E-state index contributed by atoms with van der Waals surface area (Å²) >= 11 is 1.49. The van der Waals surface area contributed by atoms with E-state index in [1.807, 2.05) is 17.5 Å². The van der Waals surface area contributed by atoms with Gasteiger partial charge in [0.05, 0.1) is 18.8 Å². The lowest BCUT2D eigenvalue weighted by Crippen LogP contribution is -2.36. The molecule has 9 heteroatoms. The summed E-state index contributed by atoms with van der Waals surface area (Å²) in [6, 6.07) is 10.3. The molecule has 0 spiro atoms. The number of alkyl halides is 3. The molecule has 1 amide bonds. The topological polar surface area (TPSA) is 59.0 Å². The number of benzene rings is 1. The normalized spacial score (nSPS) is 19.0. The average Bonchev–Trinajstić information content (AvgIpc) is 3.35. The van der Waals surface area contributed by atoms with E-state index in [4.69, 9.17) is 0 Å². The van der Waals surface area contributed by atoms with Gasteiger partial charge >= 0.3 is 6.18 Å². The van der Waals surface area contributed by atoms with E-state index < -0.39 is 24.2 Å². The van der Waals surface area contributed by atoms with Crippen molar-refractivity contribution in [2.24, 2.45) is 0 Å². The van der Waals surface area contributed by atoms with E-state index >= 15 is 0 Å². The van der Waals surface area contributed by atoms with Crippen molar-refractivity contribution in [3.05, 3.63) is 70.0 Å². The van der Waals surface area contributed by atoms with Gasteiger partial charge in [-0.2, -0.15) is 18.3 Å². The molecule has 2 N–H and O–H groups in total. The largest absolute Gasteiger partial charge is 0.410 e. The van der Waals surface area contributed by atoms with Crippen LogP contribution in [0.3, 0.4) is 0 Å². The fourth-order valence-electron chi connectivity index (χ4n) is 3.31. The Kier molecular flexibility index (Phi) is 4.84. The van der Waals surface area contributed by atoms with Gasteiger partial charge in [-0.05, 0) is 17.0 Å². The lowest BCUT2D eigenvalue weighted by molar-refractivity contribution is -0.173. The summed E-state index contributed by atoms with van der Waals surface area (Å²) in [6.45, 7) is 0.311. The highest BCUT2D eigenvalue weighted by molar-refractivity contribution is 7.09. The summed E-state index contributed by atoms with van der Waals surface area (Å²) in [6.07, 6.45) is -3.47. The fourth-order valence-corrected chi connectivity index (χ4v) is 3.95. The minimum atomic E-state index is -4.47. The molecule has 0 unspecified atom stereocenters. The number of anilines is 1. The Morgan fingerprint density at radius 3 is 2.71 bits per heavy atom. The Labute approximate surface area is 163 Å². The van der Waals surface area contributed by atoms with Gasteiger partial charge in [-0.3, -0.25) is 4.79 Å². The van der Waals surface area contributed by atoms with Crippen LogP contribution in [0.5, 0.6) is 0 Å². The van der Waals surface area contributed by atoms with Crippen LogP contribution in [0.1, 0.15) is 39.3 Å². The summed E-state index contributed by atoms with van der Waals surface area (Å²) < 4.78 is 41.9. The van der Waals surface area contributed by atoms with Crippen molar-refractivity contribution in [1.29, 1.82) is 0 Å². The van der Waals surface area contributed by atoms with Gasteiger partial charge in [0.15, 0.2) is 6.04 Å². The van der Waals surface area contributed by atoms with Crippen molar-refractivity contribution in [2.75, 3.05) is 5.32 Å². The molecule has 3 heterocycles. The average molecular weight is 406 g/mol. The van der Waals surface area contributed by atoms with Gasteiger partial charge in [0.25, 0.3) is 5.91 Å². The van der Waals surface area contributed by atoms with E-state index in [0.717, 1.165) is 15.1 Å². The molecule has 1 aliphatic heterocycles. The SMILES string of the molecule is O=C(NCc1cccs1)c1cnn2c1N[C@H](c1ccccc1)C[C@@H]2C(F)(F)F. The fraction of sp³-hybridized carbons (Fsp3) is 0.263. The first-order valence-electron chi connectivity index (χ1n) is 8.70. The first kappa shape index (κ1) is 18.5. The Hall–Kier alpha value is -2.81. The van der Waals surface area contributed by atoms with Crippen LogP contribution in [-0.4, -0.2) is 21.9 Å². The van der Waals surface area contributed by atoms with Gasteiger partial charge in [0, 0.05) is 11.3 Å². The molecule has 146 valence electrons. The second-order valence-corrected chi connectivity index (χ2v) is 7.55. The number of nitrogens with zero attached hydrogens (tertiary/aromatic N) is 2. The van der Waals surface area contributed by atoms with E-state index in [-0.39, 0.29) is 17.8 Å². The zero-order valence-corrected chi connectivity index (χ0v) is 15.4. The Morgan fingerprint density at radius 2 is 2.04 bits per heavy atom. The molecular weight excluding hydrogens is 389 g/mol. The summed E-state index contributed by atoms with van der Waals surface area (Å²) in [4.78, 5) is 13.5. The highest BCUT2D eigenvalue weighted by Gasteiger charge is 2.47. The molecule has 4 rings (SSSR count). The zero-order chi connectivity index (χ0) is 19.7. The van der Waals surface area contributed by atoms with Gasteiger partial charge < -0.3 is 10.6 Å². The number of fused-ring (bicyclic) bond motifs is 1. The number of halogens is 3. The molecule has 3 aromatic rings. The van der Waals surface area contributed by atoms with Crippen molar-refractivity contribution < 1.29 is 18.0 Å². The van der Waals surface area contributed by atoms with Crippen molar-refractivity contribution in [3.63, 3.8) is 0 Å². The van der Waals surface area contributed by atoms with E-state index in [1.54, 1.807) is 30.3 Å². The lowest BCUT2D eigenvalue weighted by Gasteiger charge is -2.34. The van der Waals surface area contributed by atoms with Crippen LogP contribution >= 0.6 is 11.3 Å². The minimum absolute atomic E-state index is 0.0890. The number of carbonyl (C=O) groups excluding carboxylic acids is 1. The molecule has 5 nitrogen and oxygen atoms in total. The first-order valence-corrected chi connectivity index (χ1v) is 9.57. The molecule has 28 heavy (non-hydrogen) atoms. The molecule has 0 saturated carbocycles. The molecular formula is C19H17F3N4OS. The number of nitrogens with one attached hydrogen (secondary N) is 2. The first-order chi connectivity index (χ1) is 13.4. The van der Waals surface area contributed by atoms with Gasteiger partial charge in [0.1, 0.15) is 11.4 Å². The standard InChI is InChI=1S/C19H17F3N4OS/c20-19(21,22)16-9-15(12-5-2-1-3-6-12)25-17-14(11-24-26(16)17)18(27)23-10-13-7-4-8-28-13/h1-8,11,15-16,25H,9-10H2,(H,23,27)/t15-,16+/m0/s1. The third kappa shape index (κ3) is 3.62. The summed E-state index contributed by atoms with van der Waals surface area (Å²) in [7, 11) is 0. The molecule has 1 aliphatic rings. The van der Waals surface area contributed by atoms with Crippen molar-refractivity contribution in [3.8, 4) is 0 Å². The number of carbonyl (C=O) groups is 1. The Balaban J connectivity index is 1.64. The Morgan fingerprint density at radius 1 is 1.25 bits per heavy atom. The highest BCUT2D eigenvalue weighted by atomic mass is 32.1. The quantitative estimate of drug-likeness (QED) is 0.669. The lowest BCUT2D eigenvalue weighted by atomic mass is 9.96. The summed E-state index contributed by atoms with van der Waals surface area (Å²) in [5.41, 5.74) is 0.834. The highest BCUT2D eigenvalue weighted by Crippen LogP contribution is 2.44. The van der Waals surface area contributed by atoms with Gasteiger partial charge in [-0.25, -0.2) is 4.68 Å². The maximum absolute atomic E-state index is 13.7. The third-order valence-corrected chi connectivity index (χ3v) is 5.56. The number of rotatable bonds is 4. The number of aromatic nitrogens is 2. The smallest absolute Gasteiger partial charge is 0.363 e. The molecule has 0 aliphatic carbocycles. The van der Waals surface area contributed by atoms with E-state index in [9.17, 15) is 18.0 Å². The molecule has 2 aromatic heterocycles. The predicted octanol–water partition coefficient (Wildman–Crippen LogP) is 4.53. The number of thiophene rings is 1. The van der Waals surface area contributed by atoms with Crippen LogP contribution < -0.4 is 10.6 Å². The molecule has 0 bridgehead atoms. The maximum atomic E-state index is 13.7. The molecule has 0 fully saturated rings. The van der Waals surface area contributed by atoms with Crippen molar-refractivity contribution in [1.82, 2.24) is 15.1 Å². The summed E-state index contributed by atoms with van der Waals surface area (Å²) in [5, 5.41) is 11.6. The number of amides is 1. The maximum Gasteiger partial charge on any atom is 0.410 e. The van der Waals surface area contributed by atoms with Crippen LogP contribution in [0.15, 0.2) is 54.0 Å². The van der Waals surface area contributed by atoms with Crippen LogP contribution in [0.25, 0.3) is 0 Å². The number of hydrogen-bond acceptors (Lipinski definition) is 4. The Bertz CT molecular complexity index is 953. The minimum Gasteiger partial charge on any atom is -0.363 e. The van der Waals surface area contributed by atoms with Crippen LogP contribution in [0.2, 0.25) is 0 Å². The second kappa shape index (κ2) is 7.31. The van der Waals surface area contributed by atoms with E-state index in [1.165, 1.54) is 17.5 Å². The molecule has 0 saturated heterocycles. The second-order valence-electron chi connectivity index (χ2n) is 6.51. The monoisotopic (exact) mass is 406 g/mol. The third-order valence-electron chi connectivity index (χ3n) is 4.69. The van der Waals surface area contributed by atoms with Crippen molar-refractivity contribution >= 4 is 23.1 Å². The van der Waals surface area contributed by atoms with Gasteiger partial charge in [-0.15, -0.1) is 11.3 Å². The molecule has 1 aromatic carbocycles. The van der Waals surface area contributed by atoms with Gasteiger partial charge in [-0.1, -0.05) is 36.4 Å². The summed E-state index contributed by atoms with van der Waals surface area (Å²) in [5.74, 6) is -0.372. The van der Waals surface area contributed by atoms with E-state index in [0.29, 0.717) is 6.54 Å². The van der Waals surface area contributed by atoms with Crippen LogP contribution in [-0.2, 0) is 6.54 Å².